The van der Waals surface area contributed by atoms with Crippen LogP contribution in [-0.2, 0) is 0 Å². The molecule has 0 amide bonds. The van der Waals surface area contributed by atoms with Crippen LogP contribution in [0, 0.1) is 0 Å². The maximum atomic E-state index is 12.5. The summed E-state index contributed by atoms with van der Waals surface area (Å²) >= 11 is 0. The Bertz CT molecular complexity index is 928. The van der Waals surface area contributed by atoms with Gasteiger partial charge < -0.3 is 0 Å². The lowest BCUT2D eigenvalue weighted by Gasteiger charge is -2.21. The maximum Gasteiger partial charge on any atom is 0.185 e. The Morgan fingerprint density at radius 1 is 0.714 bits per heavy atom. The molecule has 0 heterocycles. The maximum absolute atomic E-state index is 12.5. The second kappa shape index (κ2) is 8.84. The Balaban J connectivity index is 1.41. The lowest BCUT2D eigenvalue weighted by molar-refractivity contribution is 0.104. The first-order chi connectivity index (χ1) is 13.8. The Hall–Kier alpha value is -2.93. The van der Waals surface area contributed by atoms with Gasteiger partial charge in [0.1, 0.15) is 0 Å². The lowest BCUT2D eigenvalue weighted by atomic mass is 9.84. The topological polar surface area (TPSA) is 17.1 Å². The zero-order valence-electron chi connectivity index (χ0n) is 16.2. The van der Waals surface area contributed by atoms with E-state index in [0.717, 1.165) is 11.1 Å². The first kappa shape index (κ1) is 18.4. The zero-order valence-corrected chi connectivity index (χ0v) is 16.2. The van der Waals surface area contributed by atoms with Crippen LogP contribution < -0.4 is 0 Å². The normalized spacial score (nSPS) is 15.0. The van der Waals surface area contributed by atoms with Gasteiger partial charge in [-0.2, -0.15) is 0 Å². The third kappa shape index (κ3) is 4.48. The summed E-state index contributed by atoms with van der Waals surface area (Å²) in [6, 6.07) is 26.9. The number of rotatable bonds is 5. The molecule has 3 aromatic rings. The first-order valence-corrected chi connectivity index (χ1v) is 10.3. The smallest absolute Gasteiger partial charge is 0.185 e. The molecule has 140 valence electrons. The van der Waals surface area contributed by atoms with Gasteiger partial charge in [-0.05, 0) is 47.1 Å². The second-order valence-electron chi connectivity index (χ2n) is 7.64. The molecule has 0 spiro atoms. The van der Waals surface area contributed by atoms with Gasteiger partial charge in [-0.3, -0.25) is 4.79 Å². The van der Waals surface area contributed by atoms with Gasteiger partial charge >= 0.3 is 0 Å². The number of allylic oxidation sites excluding steroid dienone is 1. The van der Waals surface area contributed by atoms with Crippen molar-refractivity contribution >= 4 is 11.9 Å². The number of hydrogen-bond acceptors (Lipinski definition) is 1. The van der Waals surface area contributed by atoms with E-state index in [1.807, 2.05) is 36.4 Å². The highest BCUT2D eigenvalue weighted by atomic mass is 16.1. The van der Waals surface area contributed by atoms with Crippen molar-refractivity contribution in [2.45, 2.75) is 38.0 Å². The Morgan fingerprint density at radius 3 is 2.04 bits per heavy atom. The van der Waals surface area contributed by atoms with Crippen molar-refractivity contribution in [3.05, 3.63) is 102 Å². The SMILES string of the molecule is O=C(/C=C/c1ccc(-c2ccccc2)cc1)c1ccc(C2CCCCC2)cc1. The first-order valence-electron chi connectivity index (χ1n) is 10.3. The van der Waals surface area contributed by atoms with Crippen molar-refractivity contribution in [1.82, 2.24) is 0 Å². The van der Waals surface area contributed by atoms with E-state index in [1.54, 1.807) is 6.08 Å². The molecule has 1 nitrogen and oxygen atoms in total. The van der Waals surface area contributed by atoms with E-state index in [4.69, 9.17) is 0 Å². The molecule has 0 saturated heterocycles. The average molecular weight is 367 g/mol. The number of hydrogen-bond donors (Lipinski definition) is 0. The summed E-state index contributed by atoms with van der Waals surface area (Å²) in [5.41, 5.74) is 5.56. The van der Waals surface area contributed by atoms with Crippen LogP contribution in [0.1, 0.15) is 59.5 Å². The minimum atomic E-state index is 0.0577. The van der Waals surface area contributed by atoms with Crippen LogP contribution in [0.2, 0.25) is 0 Å². The molecule has 0 aliphatic heterocycles. The number of carbonyl (C=O) groups excluding carboxylic acids is 1. The predicted molar refractivity (Wildman–Crippen MR) is 118 cm³/mol. The molecular weight excluding hydrogens is 340 g/mol. The fraction of sp³-hybridized carbons (Fsp3) is 0.222. The molecule has 1 saturated carbocycles. The van der Waals surface area contributed by atoms with Crippen LogP contribution in [0.3, 0.4) is 0 Å². The summed E-state index contributed by atoms with van der Waals surface area (Å²) < 4.78 is 0. The fourth-order valence-electron chi connectivity index (χ4n) is 4.04. The molecule has 0 atom stereocenters. The predicted octanol–water partition coefficient (Wildman–Crippen LogP) is 7.30. The third-order valence-corrected chi connectivity index (χ3v) is 5.72. The summed E-state index contributed by atoms with van der Waals surface area (Å²) in [4.78, 5) is 12.5. The van der Waals surface area contributed by atoms with Crippen molar-refractivity contribution in [2.75, 3.05) is 0 Å². The standard InChI is InChI=1S/C27H26O/c28-27(26-18-16-25(17-19-26)23-9-5-2-6-10-23)20-13-21-11-14-24(15-12-21)22-7-3-1-4-8-22/h1,3-4,7-8,11-20,23H,2,5-6,9-10H2/b20-13+. The molecule has 0 unspecified atom stereocenters. The molecule has 3 aromatic carbocycles. The van der Waals surface area contributed by atoms with Crippen LogP contribution in [0.5, 0.6) is 0 Å². The molecule has 28 heavy (non-hydrogen) atoms. The molecule has 1 aliphatic rings. The summed E-state index contributed by atoms with van der Waals surface area (Å²) in [7, 11) is 0. The Morgan fingerprint density at radius 2 is 1.36 bits per heavy atom. The Labute approximate surface area is 167 Å². The monoisotopic (exact) mass is 366 g/mol. The summed E-state index contributed by atoms with van der Waals surface area (Å²) in [5, 5.41) is 0. The van der Waals surface area contributed by atoms with Gasteiger partial charge in [0.15, 0.2) is 5.78 Å². The second-order valence-corrected chi connectivity index (χ2v) is 7.64. The van der Waals surface area contributed by atoms with Crippen LogP contribution >= 0.6 is 0 Å². The molecular formula is C27H26O. The van der Waals surface area contributed by atoms with E-state index < -0.39 is 0 Å². The van der Waals surface area contributed by atoms with E-state index in [1.165, 1.54) is 48.8 Å². The zero-order chi connectivity index (χ0) is 19.2. The van der Waals surface area contributed by atoms with Crippen LogP contribution in [0.15, 0.2) is 84.9 Å². The van der Waals surface area contributed by atoms with Crippen molar-refractivity contribution < 1.29 is 4.79 Å². The van der Waals surface area contributed by atoms with Crippen molar-refractivity contribution in [3.8, 4) is 11.1 Å². The lowest BCUT2D eigenvalue weighted by Crippen LogP contribution is -2.04. The van der Waals surface area contributed by atoms with Crippen molar-refractivity contribution in [2.24, 2.45) is 0 Å². The quantitative estimate of drug-likeness (QED) is 0.342. The molecule has 1 heteroatoms. The van der Waals surface area contributed by atoms with E-state index in [2.05, 4.69) is 48.5 Å². The van der Waals surface area contributed by atoms with Gasteiger partial charge in [-0.15, -0.1) is 0 Å². The van der Waals surface area contributed by atoms with Crippen LogP contribution in [0.4, 0.5) is 0 Å². The third-order valence-electron chi connectivity index (χ3n) is 5.72. The highest BCUT2D eigenvalue weighted by Gasteiger charge is 2.15. The van der Waals surface area contributed by atoms with Gasteiger partial charge in [0.25, 0.3) is 0 Å². The number of benzene rings is 3. The summed E-state index contributed by atoms with van der Waals surface area (Å²) in [6.07, 6.45) is 10.2. The van der Waals surface area contributed by atoms with Crippen molar-refractivity contribution in [1.29, 1.82) is 0 Å². The van der Waals surface area contributed by atoms with Gasteiger partial charge in [0, 0.05) is 5.56 Å². The van der Waals surface area contributed by atoms with Crippen LogP contribution in [-0.4, -0.2) is 5.78 Å². The minimum Gasteiger partial charge on any atom is -0.289 e. The molecule has 0 N–H and O–H groups in total. The molecule has 0 aromatic heterocycles. The largest absolute Gasteiger partial charge is 0.289 e. The van der Waals surface area contributed by atoms with E-state index >= 15 is 0 Å². The highest BCUT2D eigenvalue weighted by Crippen LogP contribution is 2.32. The summed E-state index contributed by atoms with van der Waals surface area (Å²) in [5.74, 6) is 0.735. The molecule has 1 fully saturated rings. The molecule has 0 radical (unpaired) electrons. The summed E-state index contributed by atoms with van der Waals surface area (Å²) in [6.45, 7) is 0. The van der Waals surface area contributed by atoms with E-state index in [0.29, 0.717) is 5.92 Å². The molecule has 1 aliphatic carbocycles. The number of ketones is 1. The van der Waals surface area contributed by atoms with Gasteiger partial charge in [0.2, 0.25) is 0 Å². The van der Waals surface area contributed by atoms with E-state index in [-0.39, 0.29) is 5.78 Å². The fourth-order valence-corrected chi connectivity index (χ4v) is 4.04. The number of carbonyl (C=O) groups is 1. The van der Waals surface area contributed by atoms with Gasteiger partial charge in [-0.1, -0.05) is 104 Å². The van der Waals surface area contributed by atoms with Gasteiger partial charge in [0.05, 0.1) is 0 Å². The molecule has 0 bridgehead atoms. The van der Waals surface area contributed by atoms with Crippen molar-refractivity contribution in [3.63, 3.8) is 0 Å². The van der Waals surface area contributed by atoms with E-state index in [9.17, 15) is 4.79 Å². The Kier molecular flexibility index (Phi) is 5.82. The van der Waals surface area contributed by atoms with Gasteiger partial charge in [-0.25, -0.2) is 0 Å². The highest BCUT2D eigenvalue weighted by molar-refractivity contribution is 6.06. The van der Waals surface area contributed by atoms with Crippen LogP contribution in [0.25, 0.3) is 17.2 Å². The molecule has 4 rings (SSSR count). The average Bonchev–Trinajstić information content (AvgIpc) is 2.79. The minimum absolute atomic E-state index is 0.0577.